The summed E-state index contributed by atoms with van der Waals surface area (Å²) in [6.45, 7) is 7.65. The summed E-state index contributed by atoms with van der Waals surface area (Å²) in [6.07, 6.45) is 1.29. The van der Waals surface area contributed by atoms with Gasteiger partial charge in [0.25, 0.3) is 5.91 Å². The molecule has 0 aliphatic carbocycles. The molecule has 0 spiro atoms. The second-order valence-electron chi connectivity index (χ2n) is 6.86. The highest BCUT2D eigenvalue weighted by Crippen LogP contribution is 2.25. The Kier molecular flexibility index (Phi) is 6.15. The highest BCUT2D eigenvalue weighted by atomic mass is 79.9. The van der Waals surface area contributed by atoms with Gasteiger partial charge in [0.15, 0.2) is 5.13 Å². The molecule has 134 valence electrons. The molecule has 25 heavy (non-hydrogen) atoms. The standard InChI is InChI=1S/C18H21BrClN3OS/c1-11-5-12(2)8-23(7-11)9-14-10-25-18(21-14)22-17(24)15-6-13(19)3-4-16(15)20/h3-4,6,10-12H,5,7-9H2,1-2H3,(H,21,22,24). The number of benzene rings is 1. The number of amides is 1. The number of hydrogen-bond acceptors (Lipinski definition) is 4. The lowest BCUT2D eigenvalue weighted by Crippen LogP contribution is -2.38. The fourth-order valence-corrected chi connectivity index (χ4v) is 4.68. The van der Waals surface area contributed by atoms with E-state index in [0.717, 1.165) is 41.6 Å². The number of carbonyl (C=O) groups excluding carboxylic acids is 1. The summed E-state index contributed by atoms with van der Waals surface area (Å²) in [5.41, 5.74) is 1.44. The second kappa shape index (κ2) is 8.16. The van der Waals surface area contributed by atoms with E-state index in [1.165, 1.54) is 17.8 Å². The van der Waals surface area contributed by atoms with E-state index in [4.69, 9.17) is 11.6 Å². The van der Waals surface area contributed by atoms with Crippen molar-refractivity contribution in [2.24, 2.45) is 11.8 Å². The number of halogens is 2. The van der Waals surface area contributed by atoms with Gasteiger partial charge in [0.2, 0.25) is 0 Å². The van der Waals surface area contributed by atoms with E-state index in [1.54, 1.807) is 18.2 Å². The van der Waals surface area contributed by atoms with E-state index in [2.05, 4.69) is 45.0 Å². The molecule has 1 N–H and O–H groups in total. The smallest absolute Gasteiger partial charge is 0.258 e. The molecule has 2 heterocycles. The van der Waals surface area contributed by atoms with Crippen LogP contribution < -0.4 is 5.32 Å². The molecular formula is C18H21BrClN3OS. The van der Waals surface area contributed by atoms with E-state index in [-0.39, 0.29) is 5.91 Å². The molecular weight excluding hydrogens is 422 g/mol. The molecule has 2 aromatic rings. The van der Waals surface area contributed by atoms with Crippen molar-refractivity contribution in [3.63, 3.8) is 0 Å². The predicted molar refractivity (Wildman–Crippen MR) is 107 cm³/mol. The van der Waals surface area contributed by atoms with Crippen LogP contribution in [0.5, 0.6) is 0 Å². The van der Waals surface area contributed by atoms with Crippen molar-refractivity contribution in [3.8, 4) is 0 Å². The number of thiazole rings is 1. The highest BCUT2D eigenvalue weighted by molar-refractivity contribution is 9.10. The number of rotatable bonds is 4. The summed E-state index contributed by atoms with van der Waals surface area (Å²) in [5, 5.41) is 5.89. The average Bonchev–Trinajstić information content (AvgIpc) is 2.95. The van der Waals surface area contributed by atoms with Crippen molar-refractivity contribution >= 4 is 49.9 Å². The zero-order valence-corrected chi connectivity index (χ0v) is 17.4. The average molecular weight is 443 g/mol. The normalized spacial score (nSPS) is 21.3. The van der Waals surface area contributed by atoms with Crippen LogP contribution in [0.1, 0.15) is 36.3 Å². The SMILES string of the molecule is CC1CC(C)CN(Cc2csc(NC(=O)c3cc(Br)ccc3Cl)n2)C1. The van der Waals surface area contributed by atoms with E-state index < -0.39 is 0 Å². The Labute approximate surface area is 165 Å². The molecule has 1 fully saturated rings. The van der Waals surface area contributed by atoms with Crippen molar-refractivity contribution in [1.29, 1.82) is 0 Å². The molecule has 7 heteroatoms. The monoisotopic (exact) mass is 441 g/mol. The van der Waals surface area contributed by atoms with Crippen molar-refractivity contribution in [2.45, 2.75) is 26.8 Å². The fraction of sp³-hybridized carbons (Fsp3) is 0.444. The molecule has 3 rings (SSSR count). The van der Waals surface area contributed by atoms with Crippen molar-refractivity contribution in [1.82, 2.24) is 9.88 Å². The number of nitrogens with one attached hydrogen (secondary N) is 1. The van der Waals surface area contributed by atoms with E-state index in [0.29, 0.717) is 15.7 Å². The molecule has 0 saturated carbocycles. The van der Waals surface area contributed by atoms with Crippen molar-refractivity contribution in [2.75, 3.05) is 18.4 Å². The first kappa shape index (κ1) is 18.8. The van der Waals surface area contributed by atoms with Crippen LogP contribution >= 0.6 is 38.9 Å². The van der Waals surface area contributed by atoms with Crippen LogP contribution in [0, 0.1) is 11.8 Å². The Balaban J connectivity index is 1.63. The summed E-state index contributed by atoms with van der Waals surface area (Å²) in [4.78, 5) is 19.4. The van der Waals surface area contributed by atoms with Gasteiger partial charge in [-0.05, 0) is 36.5 Å². The Hall–Kier alpha value is -0.950. The number of nitrogens with zero attached hydrogens (tertiary/aromatic N) is 2. The Morgan fingerprint density at radius 2 is 2.12 bits per heavy atom. The van der Waals surface area contributed by atoms with E-state index in [1.807, 2.05) is 5.38 Å². The van der Waals surface area contributed by atoms with Gasteiger partial charge >= 0.3 is 0 Å². The first-order valence-corrected chi connectivity index (χ1v) is 10.4. The molecule has 0 radical (unpaired) electrons. The maximum absolute atomic E-state index is 12.4. The Morgan fingerprint density at radius 1 is 1.40 bits per heavy atom. The molecule has 2 atom stereocenters. The van der Waals surface area contributed by atoms with Gasteiger partial charge in [-0.15, -0.1) is 11.3 Å². The van der Waals surface area contributed by atoms with Gasteiger partial charge < -0.3 is 0 Å². The molecule has 0 bridgehead atoms. The number of aromatic nitrogens is 1. The number of carbonyl (C=O) groups is 1. The summed E-state index contributed by atoms with van der Waals surface area (Å²) in [7, 11) is 0. The van der Waals surface area contributed by atoms with Gasteiger partial charge in [-0.3, -0.25) is 15.0 Å². The van der Waals surface area contributed by atoms with Crippen LogP contribution in [0.2, 0.25) is 5.02 Å². The molecule has 1 aliphatic heterocycles. The molecule has 4 nitrogen and oxygen atoms in total. The summed E-state index contributed by atoms with van der Waals surface area (Å²) >= 11 is 10.9. The van der Waals surface area contributed by atoms with Crippen LogP contribution in [-0.2, 0) is 6.54 Å². The maximum atomic E-state index is 12.4. The lowest BCUT2D eigenvalue weighted by Gasteiger charge is -2.34. The number of piperidine rings is 1. The third-order valence-electron chi connectivity index (χ3n) is 4.28. The van der Waals surface area contributed by atoms with Gasteiger partial charge in [-0.25, -0.2) is 4.98 Å². The third-order valence-corrected chi connectivity index (χ3v) is 5.90. The highest BCUT2D eigenvalue weighted by Gasteiger charge is 2.22. The number of hydrogen-bond donors (Lipinski definition) is 1. The summed E-state index contributed by atoms with van der Waals surface area (Å²) in [6, 6.07) is 5.22. The van der Waals surface area contributed by atoms with Crippen LogP contribution in [0.25, 0.3) is 0 Å². The minimum atomic E-state index is -0.243. The Bertz CT molecular complexity index is 757. The topological polar surface area (TPSA) is 45.2 Å². The van der Waals surface area contributed by atoms with Gasteiger partial charge in [0.05, 0.1) is 16.3 Å². The van der Waals surface area contributed by atoms with Crippen LogP contribution in [-0.4, -0.2) is 28.9 Å². The first-order valence-electron chi connectivity index (χ1n) is 8.34. The minimum Gasteiger partial charge on any atom is -0.298 e. The maximum Gasteiger partial charge on any atom is 0.258 e. The van der Waals surface area contributed by atoms with Crippen molar-refractivity contribution < 1.29 is 4.79 Å². The fourth-order valence-electron chi connectivity index (χ4n) is 3.42. The zero-order chi connectivity index (χ0) is 18.0. The minimum absolute atomic E-state index is 0.243. The first-order chi connectivity index (χ1) is 11.9. The van der Waals surface area contributed by atoms with Crippen LogP contribution in [0.15, 0.2) is 28.1 Å². The van der Waals surface area contributed by atoms with Gasteiger partial charge in [0.1, 0.15) is 0 Å². The molecule has 1 saturated heterocycles. The molecule has 1 aromatic heterocycles. The predicted octanol–water partition coefficient (Wildman–Crippen LogP) is 5.29. The summed E-state index contributed by atoms with van der Waals surface area (Å²) < 4.78 is 0.815. The van der Waals surface area contributed by atoms with E-state index >= 15 is 0 Å². The lowest BCUT2D eigenvalue weighted by atomic mass is 9.92. The van der Waals surface area contributed by atoms with Gasteiger partial charge in [0, 0.05) is 29.5 Å². The largest absolute Gasteiger partial charge is 0.298 e. The Morgan fingerprint density at radius 3 is 2.84 bits per heavy atom. The van der Waals surface area contributed by atoms with E-state index in [9.17, 15) is 4.79 Å². The zero-order valence-electron chi connectivity index (χ0n) is 14.3. The number of anilines is 1. The second-order valence-corrected chi connectivity index (χ2v) is 9.04. The quantitative estimate of drug-likeness (QED) is 0.700. The molecule has 2 unspecified atom stereocenters. The lowest BCUT2D eigenvalue weighted by molar-refractivity contribution is 0.102. The molecule has 1 aromatic carbocycles. The molecule has 1 amide bonds. The molecule has 1 aliphatic rings. The van der Waals surface area contributed by atoms with Gasteiger partial charge in [-0.2, -0.15) is 0 Å². The van der Waals surface area contributed by atoms with Crippen LogP contribution in [0.3, 0.4) is 0 Å². The third kappa shape index (κ3) is 5.03. The number of likely N-dealkylation sites (tertiary alicyclic amines) is 1. The van der Waals surface area contributed by atoms with Crippen molar-refractivity contribution in [3.05, 3.63) is 44.3 Å². The summed E-state index contributed by atoms with van der Waals surface area (Å²) in [5.74, 6) is 1.20. The van der Waals surface area contributed by atoms with Gasteiger partial charge in [-0.1, -0.05) is 41.4 Å². The van der Waals surface area contributed by atoms with Crippen LogP contribution in [0.4, 0.5) is 5.13 Å².